The molecule has 2 amide bonds. The minimum atomic E-state index is -0.606. The molecule has 0 bridgehead atoms. The molecule has 102 valence electrons. The molecule has 1 aromatic heterocycles. The Morgan fingerprint density at radius 1 is 1.37 bits per heavy atom. The van der Waals surface area contributed by atoms with E-state index in [4.69, 9.17) is 0 Å². The van der Waals surface area contributed by atoms with Crippen LogP contribution < -0.4 is 5.32 Å². The van der Waals surface area contributed by atoms with Crippen LogP contribution in [0.4, 0.5) is 5.82 Å². The van der Waals surface area contributed by atoms with Gasteiger partial charge in [-0.3, -0.25) is 9.59 Å². The number of nitrogens with zero attached hydrogens (tertiary/aromatic N) is 2. The number of amides is 2. The van der Waals surface area contributed by atoms with E-state index < -0.39 is 11.8 Å². The van der Waals surface area contributed by atoms with Crippen LogP contribution in [0.3, 0.4) is 0 Å². The molecule has 1 saturated heterocycles. The average Bonchev–Trinajstić information content (AvgIpc) is 2.41. The quantitative estimate of drug-likeness (QED) is 0.783. The van der Waals surface area contributed by atoms with Crippen molar-refractivity contribution in [3.63, 3.8) is 0 Å². The number of rotatable bonds is 1. The van der Waals surface area contributed by atoms with Crippen molar-refractivity contribution in [2.24, 2.45) is 0 Å². The molecule has 5 heteroatoms. The summed E-state index contributed by atoms with van der Waals surface area (Å²) in [5.41, 5.74) is 1.01. The molecule has 2 rings (SSSR count). The van der Waals surface area contributed by atoms with E-state index in [9.17, 15) is 9.59 Å². The summed E-state index contributed by atoms with van der Waals surface area (Å²) < 4.78 is 0. The highest BCUT2D eigenvalue weighted by Crippen LogP contribution is 2.16. The van der Waals surface area contributed by atoms with E-state index >= 15 is 0 Å². The second kappa shape index (κ2) is 5.82. The number of anilines is 1. The van der Waals surface area contributed by atoms with Crippen molar-refractivity contribution in [3.8, 4) is 0 Å². The lowest BCUT2D eigenvalue weighted by molar-refractivity contribution is -0.145. The van der Waals surface area contributed by atoms with E-state index in [0.29, 0.717) is 12.4 Å². The summed E-state index contributed by atoms with van der Waals surface area (Å²) in [6.07, 6.45) is 4.70. The maximum Gasteiger partial charge on any atom is 0.315 e. The molecule has 1 N–H and O–H groups in total. The van der Waals surface area contributed by atoms with Gasteiger partial charge in [0.25, 0.3) is 0 Å². The summed E-state index contributed by atoms with van der Waals surface area (Å²) in [5, 5.41) is 2.55. The Morgan fingerprint density at radius 3 is 2.79 bits per heavy atom. The first-order chi connectivity index (χ1) is 9.08. The van der Waals surface area contributed by atoms with Crippen LogP contribution in [0.25, 0.3) is 0 Å². The number of aryl methyl sites for hydroxylation is 1. The van der Waals surface area contributed by atoms with E-state index in [1.54, 1.807) is 17.2 Å². The zero-order valence-corrected chi connectivity index (χ0v) is 11.3. The maximum atomic E-state index is 12.1. The number of aromatic nitrogens is 1. The minimum absolute atomic E-state index is 0.137. The van der Waals surface area contributed by atoms with E-state index in [1.165, 1.54) is 0 Å². The molecule has 1 fully saturated rings. The molecular weight excluding hydrogens is 242 g/mol. The predicted octanol–water partition coefficient (Wildman–Crippen LogP) is 1.73. The van der Waals surface area contributed by atoms with Gasteiger partial charge in [0.2, 0.25) is 0 Å². The van der Waals surface area contributed by atoms with Crippen molar-refractivity contribution in [1.82, 2.24) is 9.88 Å². The van der Waals surface area contributed by atoms with Gasteiger partial charge in [-0.05, 0) is 44.7 Å². The fourth-order valence-electron chi connectivity index (χ4n) is 2.24. The van der Waals surface area contributed by atoms with Gasteiger partial charge < -0.3 is 10.2 Å². The van der Waals surface area contributed by atoms with Crippen LogP contribution >= 0.6 is 0 Å². The summed E-state index contributed by atoms with van der Waals surface area (Å²) in [6.45, 7) is 4.56. The highest BCUT2D eigenvalue weighted by Gasteiger charge is 2.28. The van der Waals surface area contributed by atoms with E-state index in [2.05, 4.69) is 10.3 Å². The lowest BCUT2D eigenvalue weighted by Crippen LogP contribution is -2.47. The zero-order valence-electron chi connectivity index (χ0n) is 11.3. The van der Waals surface area contributed by atoms with Gasteiger partial charge in [0.1, 0.15) is 5.82 Å². The van der Waals surface area contributed by atoms with Crippen molar-refractivity contribution in [3.05, 3.63) is 23.9 Å². The SMILES string of the molecule is Cc1ccc(NC(=O)C(=O)N2CCCCC2C)nc1. The maximum absolute atomic E-state index is 12.1. The lowest BCUT2D eigenvalue weighted by atomic mass is 10.0. The molecule has 0 radical (unpaired) electrons. The molecule has 5 nitrogen and oxygen atoms in total. The number of hydrogen-bond donors (Lipinski definition) is 1. The molecule has 1 aliphatic rings. The van der Waals surface area contributed by atoms with Crippen LogP contribution in [0.2, 0.25) is 0 Å². The summed E-state index contributed by atoms with van der Waals surface area (Å²) >= 11 is 0. The Kier molecular flexibility index (Phi) is 4.14. The van der Waals surface area contributed by atoms with E-state index in [-0.39, 0.29) is 6.04 Å². The Balaban J connectivity index is 1.99. The fourth-order valence-corrected chi connectivity index (χ4v) is 2.24. The molecule has 1 unspecified atom stereocenters. The van der Waals surface area contributed by atoms with Gasteiger partial charge in [0, 0.05) is 18.8 Å². The minimum Gasteiger partial charge on any atom is -0.332 e. The van der Waals surface area contributed by atoms with Crippen LogP contribution in [0, 0.1) is 6.92 Å². The van der Waals surface area contributed by atoms with Gasteiger partial charge in [-0.1, -0.05) is 6.07 Å². The number of carbonyl (C=O) groups excluding carboxylic acids is 2. The van der Waals surface area contributed by atoms with Gasteiger partial charge in [-0.2, -0.15) is 0 Å². The first kappa shape index (κ1) is 13.5. The van der Waals surface area contributed by atoms with Crippen molar-refractivity contribution < 1.29 is 9.59 Å². The number of pyridine rings is 1. The van der Waals surface area contributed by atoms with Crippen molar-refractivity contribution in [2.75, 3.05) is 11.9 Å². The highest BCUT2D eigenvalue weighted by atomic mass is 16.2. The summed E-state index contributed by atoms with van der Waals surface area (Å²) in [6, 6.07) is 3.68. The average molecular weight is 261 g/mol. The number of piperidine rings is 1. The molecule has 0 spiro atoms. The van der Waals surface area contributed by atoms with Crippen molar-refractivity contribution in [1.29, 1.82) is 0 Å². The van der Waals surface area contributed by atoms with Crippen molar-refractivity contribution in [2.45, 2.75) is 39.2 Å². The third-order valence-electron chi connectivity index (χ3n) is 3.41. The van der Waals surface area contributed by atoms with Crippen LogP contribution in [0.1, 0.15) is 31.7 Å². The number of nitrogens with one attached hydrogen (secondary N) is 1. The van der Waals surface area contributed by atoms with Crippen molar-refractivity contribution >= 4 is 17.6 Å². The second-order valence-corrected chi connectivity index (χ2v) is 5.02. The standard InChI is InChI=1S/C14H19N3O2/c1-10-6-7-12(15-9-10)16-13(18)14(19)17-8-4-3-5-11(17)2/h6-7,9,11H,3-5,8H2,1-2H3,(H,15,16,18). The Morgan fingerprint density at radius 2 is 2.16 bits per heavy atom. The molecule has 0 aromatic carbocycles. The summed E-state index contributed by atoms with van der Waals surface area (Å²) in [7, 11) is 0. The zero-order chi connectivity index (χ0) is 13.8. The Bertz CT molecular complexity index is 470. The normalized spacial score (nSPS) is 19.1. The number of hydrogen-bond acceptors (Lipinski definition) is 3. The van der Waals surface area contributed by atoms with Crippen LogP contribution in [-0.2, 0) is 9.59 Å². The fraction of sp³-hybridized carbons (Fsp3) is 0.500. The van der Waals surface area contributed by atoms with E-state index in [0.717, 1.165) is 24.8 Å². The Hall–Kier alpha value is -1.91. The first-order valence-corrected chi connectivity index (χ1v) is 6.62. The van der Waals surface area contributed by atoms with Crippen LogP contribution in [0.5, 0.6) is 0 Å². The van der Waals surface area contributed by atoms with E-state index in [1.807, 2.05) is 19.9 Å². The van der Waals surface area contributed by atoms with Crippen LogP contribution in [0.15, 0.2) is 18.3 Å². The third kappa shape index (κ3) is 3.30. The molecule has 0 saturated carbocycles. The molecule has 1 aromatic rings. The van der Waals surface area contributed by atoms with Gasteiger partial charge in [0.05, 0.1) is 0 Å². The molecule has 1 aliphatic heterocycles. The topological polar surface area (TPSA) is 62.3 Å². The number of likely N-dealkylation sites (tertiary alicyclic amines) is 1. The number of carbonyl (C=O) groups is 2. The first-order valence-electron chi connectivity index (χ1n) is 6.62. The van der Waals surface area contributed by atoms with Crippen LogP contribution in [-0.4, -0.2) is 34.3 Å². The van der Waals surface area contributed by atoms with Gasteiger partial charge in [-0.25, -0.2) is 4.98 Å². The summed E-state index contributed by atoms with van der Waals surface area (Å²) in [5.74, 6) is -0.659. The molecule has 19 heavy (non-hydrogen) atoms. The highest BCUT2D eigenvalue weighted by molar-refractivity contribution is 6.39. The van der Waals surface area contributed by atoms with Gasteiger partial charge in [-0.15, -0.1) is 0 Å². The predicted molar refractivity (Wildman–Crippen MR) is 72.6 cm³/mol. The molecule has 1 atom stereocenters. The second-order valence-electron chi connectivity index (χ2n) is 5.02. The molecule has 2 heterocycles. The third-order valence-corrected chi connectivity index (χ3v) is 3.41. The molecule has 0 aliphatic carbocycles. The smallest absolute Gasteiger partial charge is 0.315 e. The molecular formula is C14H19N3O2. The monoisotopic (exact) mass is 261 g/mol. The largest absolute Gasteiger partial charge is 0.332 e. The lowest BCUT2D eigenvalue weighted by Gasteiger charge is -2.32. The van der Waals surface area contributed by atoms with Gasteiger partial charge >= 0.3 is 11.8 Å². The summed E-state index contributed by atoms with van der Waals surface area (Å²) in [4.78, 5) is 29.7. The Labute approximate surface area is 113 Å². The van der Waals surface area contributed by atoms with Gasteiger partial charge in [0.15, 0.2) is 0 Å².